The average Bonchev–Trinajstić information content (AvgIpc) is 2.41. The maximum atomic E-state index is 12.4. The second-order valence-corrected chi connectivity index (χ2v) is 6.10. The molecule has 0 aliphatic carbocycles. The Kier molecular flexibility index (Phi) is 8.11. The lowest BCUT2D eigenvalue weighted by Gasteiger charge is -2.38. The van der Waals surface area contributed by atoms with Gasteiger partial charge in [-0.3, -0.25) is 4.79 Å². The van der Waals surface area contributed by atoms with E-state index in [-0.39, 0.29) is 5.91 Å². The summed E-state index contributed by atoms with van der Waals surface area (Å²) in [6.45, 7) is 7.49. The highest BCUT2D eigenvalue weighted by Crippen LogP contribution is 2.15. The zero-order valence-electron chi connectivity index (χ0n) is 13.7. The van der Waals surface area contributed by atoms with Gasteiger partial charge in [0.15, 0.2) is 0 Å². The van der Waals surface area contributed by atoms with Crippen LogP contribution in [0.2, 0.25) is 0 Å². The minimum Gasteiger partial charge on any atom is -0.337 e. The van der Waals surface area contributed by atoms with Crippen molar-refractivity contribution in [2.75, 3.05) is 60.4 Å². The Balaban J connectivity index is 2.52. The largest absolute Gasteiger partial charge is 0.337 e. The summed E-state index contributed by atoms with van der Waals surface area (Å²) in [7, 11) is 6.28. The maximum Gasteiger partial charge on any atom is 0.236 e. The zero-order chi connectivity index (χ0) is 15.0. The van der Waals surface area contributed by atoms with Gasteiger partial charge < -0.3 is 20.0 Å². The number of hydrogen-bond donors (Lipinski definition) is 1. The molecule has 0 radical (unpaired) electrons. The van der Waals surface area contributed by atoms with E-state index in [9.17, 15) is 4.79 Å². The minimum absolute atomic E-state index is 0.259. The Morgan fingerprint density at radius 1 is 1.25 bits per heavy atom. The molecule has 118 valence electrons. The fourth-order valence-corrected chi connectivity index (χ4v) is 2.60. The molecule has 0 saturated carbocycles. The van der Waals surface area contributed by atoms with E-state index in [0.29, 0.717) is 12.6 Å². The second kappa shape index (κ2) is 9.32. The average molecular weight is 284 g/mol. The quantitative estimate of drug-likeness (QED) is 0.658. The number of likely N-dealkylation sites (N-methyl/N-ethyl adjacent to an activating group) is 1. The molecule has 1 fully saturated rings. The third-order valence-electron chi connectivity index (χ3n) is 3.94. The summed E-state index contributed by atoms with van der Waals surface area (Å²) >= 11 is 0. The Hall–Kier alpha value is -0.650. The fourth-order valence-electron chi connectivity index (χ4n) is 2.60. The van der Waals surface area contributed by atoms with E-state index >= 15 is 0 Å². The first kappa shape index (κ1) is 17.4. The van der Waals surface area contributed by atoms with Gasteiger partial charge in [0.1, 0.15) is 0 Å². The van der Waals surface area contributed by atoms with Gasteiger partial charge >= 0.3 is 0 Å². The van der Waals surface area contributed by atoms with E-state index in [4.69, 9.17) is 0 Å². The summed E-state index contributed by atoms with van der Waals surface area (Å²) in [6.07, 6.45) is 3.27. The van der Waals surface area contributed by atoms with Gasteiger partial charge in [-0.25, -0.2) is 0 Å². The highest BCUT2D eigenvalue weighted by atomic mass is 16.2. The molecule has 5 nitrogen and oxygen atoms in total. The number of nitrogens with one attached hydrogen (secondary N) is 1. The number of carbonyl (C=O) groups is 1. The summed E-state index contributed by atoms with van der Waals surface area (Å²) in [5.41, 5.74) is 0. The molecule has 1 aliphatic heterocycles. The molecule has 1 saturated heterocycles. The number of piperidine rings is 1. The van der Waals surface area contributed by atoms with Crippen LogP contribution in [0.1, 0.15) is 26.2 Å². The number of amides is 1. The van der Waals surface area contributed by atoms with Crippen molar-refractivity contribution in [3.63, 3.8) is 0 Å². The Bertz CT molecular complexity index is 275. The third-order valence-corrected chi connectivity index (χ3v) is 3.94. The highest BCUT2D eigenvalue weighted by Gasteiger charge is 2.26. The van der Waals surface area contributed by atoms with Crippen molar-refractivity contribution in [2.45, 2.75) is 32.2 Å². The first-order valence-electron chi connectivity index (χ1n) is 7.88. The van der Waals surface area contributed by atoms with Crippen molar-refractivity contribution in [3.05, 3.63) is 0 Å². The normalized spacial score (nSPS) is 17.6. The summed E-state index contributed by atoms with van der Waals surface area (Å²) in [4.78, 5) is 19.0. The number of likely N-dealkylation sites (tertiary alicyclic amines) is 1. The zero-order valence-corrected chi connectivity index (χ0v) is 13.7. The van der Waals surface area contributed by atoms with Crippen LogP contribution in [-0.2, 0) is 4.79 Å². The summed E-state index contributed by atoms with van der Waals surface area (Å²) in [6, 6.07) is 0.419. The monoisotopic (exact) mass is 284 g/mol. The van der Waals surface area contributed by atoms with Crippen LogP contribution >= 0.6 is 0 Å². The predicted molar refractivity (Wildman–Crippen MR) is 83.9 cm³/mol. The number of nitrogens with zero attached hydrogens (tertiary/aromatic N) is 3. The van der Waals surface area contributed by atoms with Crippen LogP contribution in [0.25, 0.3) is 0 Å². The van der Waals surface area contributed by atoms with Crippen molar-refractivity contribution >= 4 is 5.91 Å². The molecule has 0 aromatic rings. The first-order valence-corrected chi connectivity index (χ1v) is 7.88. The lowest BCUT2D eigenvalue weighted by Crippen LogP contribution is -2.51. The molecular weight excluding hydrogens is 252 g/mol. The number of carbonyl (C=O) groups excluding carboxylic acids is 1. The Morgan fingerprint density at radius 3 is 2.45 bits per heavy atom. The van der Waals surface area contributed by atoms with Crippen LogP contribution in [0.4, 0.5) is 0 Å². The van der Waals surface area contributed by atoms with Crippen LogP contribution < -0.4 is 5.32 Å². The van der Waals surface area contributed by atoms with Crippen LogP contribution in [0.3, 0.4) is 0 Å². The van der Waals surface area contributed by atoms with E-state index in [2.05, 4.69) is 48.1 Å². The number of rotatable bonds is 8. The van der Waals surface area contributed by atoms with E-state index in [0.717, 1.165) is 52.0 Å². The summed E-state index contributed by atoms with van der Waals surface area (Å²) in [5, 5.41) is 3.24. The molecule has 0 aromatic heterocycles. The molecule has 0 bridgehead atoms. The molecule has 0 spiro atoms. The Labute approximate surface area is 124 Å². The minimum atomic E-state index is 0.259. The van der Waals surface area contributed by atoms with Gasteiger partial charge in [0.2, 0.25) is 5.91 Å². The lowest BCUT2D eigenvalue weighted by molar-refractivity contribution is -0.133. The van der Waals surface area contributed by atoms with Gasteiger partial charge in [-0.1, -0.05) is 6.92 Å². The van der Waals surface area contributed by atoms with Gasteiger partial charge in [-0.15, -0.1) is 0 Å². The fraction of sp³-hybridized carbons (Fsp3) is 0.933. The van der Waals surface area contributed by atoms with Crippen molar-refractivity contribution in [1.82, 2.24) is 20.0 Å². The van der Waals surface area contributed by atoms with Crippen LogP contribution in [0, 0.1) is 0 Å². The summed E-state index contributed by atoms with van der Waals surface area (Å²) < 4.78 is 0. The molecule has 1 rings (SSSR count). The summed E-state index contributed by atoms with van der Waals surface area (Å²) in [5.74, 6) is 0.259. The smallest absolute Gasteiger partial charge is 0.236 e. The van der Waals surface area contributed by atoms with Gasteiger partial charge in [-0.2, -0.15) is 0 Å². The molecule has 1 amide bonds. The second-order valence-electron chi connectivity index (χ2n) is 6.10. The van der Waals surface area contributed by atoms with E-state index in [1.165, 1.54) is 0 Å². The number of hydrogen-bond acceptors (Lipinski definition) is 4. The molecule has 0 aromatic carbocycles. The van der Waals surface area contributed by atoms with Gasteiger partial charge in [-0.05, 0) is 60.0 Å². The van der Waals surface area contributed by atoms with Crippen LogP contribution in [0.5, 0.6) is 0 Å². The molecule has 5 heteroatoms. The van der Waals surface area contributed by atoms with E-state index in [1.807, 2.05) is 0 Å². The van der Waals surface area contributed by atoms with Crippen molar-refractivity contribution in [2.24, 2.45) is 0 Å². The molecule has 0 atom stereocenters. The van der Waals surface area contributed by atoms with Gasteiger partial charge in [0, 0.05) is 19.1 Å². The highest BCUT2D eigenvalue weighted by molar-refractivity contribution is 5.78. The molecule has 20 heavy (non-hydrogen) atoms. The Morgan fingerprint density at radius 2 is 1.90 bits per heavy atom. The molecular formula is C15H32N4O. The van der Waals surface area contributed by atoms with Crippen molar-refractivity contribution < 1.29 is 4.79 Å². The van der Waals surface area contributed by atoms with Crippen molar-refractivity contribution in [3.8, 4) is 0 Å². The first-order chi connectivity index (χ1) is 9.54. The third kappa shape index (κ3) is 6.20. The maximum absolute atomic E-state index is 12.4. The van der Waals surface area contributed by atoms with Crippen LogP contribution in [-0.4, -0.2) is 87.1 Å². The van der Waals surface area contributed by atoms with Crippen molar-refractivity contribution in [1.29, 1.82) is 0 Å². The van der Waals surface area contributed by atoms with E-state index in [1.54, 1.807) is 0 Å². The van der Waals surface area contributed by atoms with Crippen LogP contribution in [0.15, 0.2) is 0 Å². The van der Waals surface area contributed by atoms with Gasteiger partial charge in [0.25, 0.3) is 0 Å². The molecule has 0 unspecified atom stereocenters. The molecule has 1 N–H and O–H groups in total. The lowest BCUT2D eigenvalue weighted by atomic mass is 10.0. The topological polar surface area (TPSA) is 38.8 Å². The molecule has 1 aliphatic rings. The van der Waals surface area contributed by atoms with E-state index < -0.39 is 0 Å². The van der Waals surface area contributed by atoms with Gasteiger partial charge in [0.05, 0.1) is 6.54 Å². The predicted octanol–water partition coefficient (Wildman–Crippen LogP) is 0.470. The standard InChI is InChI=1S/C15H32N4O/c1-5-8-16-13-15(20)19(12-11-17(2)3)14-6-9-18(4)10-7-14/h14,16H,5-13H2,1-4H3. The molecule has 1 heterocycles. The SMILES string of the molecule is CCCNCC(=O)N(CCN(C)C)C1CCN(C)CC1.